The first kappa shape index (κ1) is 25.4. The summed E-state index contributed by atoms with van der Waals surface area (Å²) in [6.45, 7) is 2.77. The molecule has 188 valence electrons. The molecule has 1 aliphatic carbocycles. The average molecular weight is 493 g/mol. The van der Waals surface area contributed by atoms with Gasteiger partial charge in [-0.3, -0.25) is 4.79 Å². The molecule has 2 aromatic rings. The lowest BCUT2D eigenvalue weighted by Gasteiger charge is -2.34. The minimum absolute atomic E-state index is 0.0751. The molecule has 1 N–H and O–H groups in total. The van der Waals surface area contributed by atoms with Crippen LogP contribution in [0.1, 0.15) is 54.7 Å². The predicted molar refractivity (Wildman–Crippen MR) is 125 cm³/mol. The van der Waals surface area contributed by atoms with Crippen molar-refractivity contribution in [2.45, 2.75) is 50.2 Å². The van der Waals surface area contributed by atoms with E-state index in [2.05, 4.69) is 10.2 Å². The summed E-state index contributed by atoms with van der Waals surface area (Å²) in [6, 6.07) is 8.73. The maximum atomic E-state index is 13.3. The third-order valence-electron chi connectivity index (χ3n) is 7.01. The molecule has 1 saturated heterocycles. The lowest BCUT2D eigenvalue weighted by Crippen LogP contribution is -2.37. The zero-order valence-electron chi connectivity index (χ0n) is 19.3. The Morgan fingerprint density at radius 1 is 0.971 bits per heavy atom. The van der Waals surface area contributed by atoms with E-state index in [9.17, 15) is 26.7 Å². The minimum Gasteiger partial charge on any atom is -0.350 e. The van der Waals surface area contributed by atoms with Crippen LogP contribution in [0, 0.1) is 17.6 Å². The van der Waals surface area contributed by atoms with E-state index in [4.69, 9.17) is 0 Å². The second-order valence-corrected chi connectivity index (χ2v) is 9.62. The van der Waals surface area contributed by atoms with Crippen LogP contribution in [0.25, 0.3) is 6.08 Å². The number of rotatable bonds is 6. The zero-order chi connectivity index (χ0) is 25.0. The Balaban J connectivity index is 1.19. The fraction of sp³-hybridized carbons (Fsp3) is 0.444. The summed E-state index contributed by atoms with van der Waals surface area (Å²) in [4.78, 5) is 14.6. The molecule has 2 aromatic carbocycles. The molecule has 0 bridgehead atoms. The summed E-state index contributed by atoms with van der Waals surface area (Å²) in [6.07, 6.45) is 3.02. The number of hydrogen-bond donors (Lipinski definition) is 1. The molecule has 0 radical (unpaired) electrons. The van der Waals surface area contributed by atoms with E-state index >= 15 is 0 Å². The van der Waals surface area contributed by atoms with Crippen LogP contribution in [-0.2, 0) is 11.0 Å². The van der Waals surface area contributed by atoms with E-state index in [-0.39, 0.29) is 17.9 Å². The van der Waals surface area contributed by atoms with Gasteiger partial charge in [0.25, 0.3) is 0 Å². The normalized spacial score (nSPS) is 22.1. The molecule has 2 atom stereocenters. The second kappa shape index (κ2) is 10.9. The highest BCUT2D eigenvalue weighted by Gasteiger charge is 2.31. The van der Waals surface area contributed by atoms with Gasteiger partial charge in [-0.05, 0) is 98.5 Å². The molecule has 0 aromatic heterocycles. The van der Waals surface area contributed by atoms with Gasteiger partial charge >= 0.3 is 6.18 Å². The molecule has 1 aliphatic heterocycles. The van der Waals surface area contributed by atoms with Crippen LogP contribution in [0.4, 0.5) is 22.0 Å². The maximum absolute atomic E-state index is 13.3. The predicted octanol–water partition coefficient (Wildman–Crippen LogP) is 6.16. The van der Waals surface area contributed by atoms with Gasteiger partial charge in [-0.2, -0.15) is 13.2 Å². The number of hydrogen-bond acceptors (Lipinski definition) is 2. The number of likely N-dealkylation sites (tertiary alicyclic amines) is 1. The lowest BCUT2D eigenvalue weighted by molar-refractivity contribution is -0.137. The summed E-state index contributed by atoms with van der Waals surface area (Å²) < 4.78 is 64.9. The molecule has 3 nitrogen and oxygen atoms in total. The van der Waals surface area contributed by atoms with Gasteiger partial charge in [0.05, 0.1) is 5.56 Å². The topological polar surface area (TPSA) is 32.3 Å². The maximum Gasteiger partial charge on any atom is 0.416 e. The molecule has 2 aliphatic rings. The fourth-order valence-corrected chi connectivity index (χ4v) is 5.22. The third kappa shape index (κ3) is 7.13. The van der Waals surface area contributed by atoms with Crippen molar-refractivity contribution in [2.75, 3.05) is 19.6 Å². The second-order valence-electron chi connectivity index (χ2n) is 9.62. The number of benzene rings is 2. The zero-order valence-corrected chi connectivity index (χ0v) is 19.3. The van der Waals surface area contributed by atoms with Crippen LogP contribution in [0.5, 0.6) is 0 Å². The number of carbonyl (C=O) groups is 1. The summed E-state index contributed by atoms with van der Waals surface area (Å²) in [5, 5.41) is 2.98. The van der Waals surface area contributed by atoms with Crippen molar-refractivity contribution in [3.63, 3.8) is 0 Å². The highest BCUT2D eigenvalue weighted by Crippen LogP contribution is 2.34. The van der Waals surface area contributed by atoms with Crippen LogP contribution < -0.4 is 5.32 Å². The number of nitrogens with zero attached hydrogens (tertiary/aromatic N) is 1. The van der Waals surface area contributed by atoms with Gasteiger partial charge in [0, 0.05) is 24.7 Å². The molecular formula is C27H29F5N2O. The van der Waals surface area contributed by atoms with Gasteiger partial charge in [-0.25, -0.2) is 8.78 Å². The van der Waals surface area contributed by atoms with E-state index in [0.717, 1.165) is 63.4 Å². The minimum atomic E-state index is -4.31. The Hall–Kier alpha value is -2.74. The largest absolute Gasteiger partial charge is 0.416 e. The van der Waals surface area contributed by atoms with Gasteiger partial charge in [0.1, 0.15) is 11.6 Å². The quantitative estimate of drug-likeness (QED) is 0.387. The fourth-order valence-electron chi connectivity index (χ4n) is 5.22. The first-order valence-electron chi connectivity index (χ1n) is 12.0. The molecular weight excluding hydrogens is 463 g/mol. The van der Waals surface area contributed by atoms with Gasteiger partial charge in [-0.1, -0.05) is 12.1 Å². The number of alkyl halides is 3. The van der Waals surface area contributed by atoms with Gasteiger partial charge in [0.15, 0.2) is 0 Å². The van der Waals surface area contributed by atoms with Crippen molar-refractivity contribution in [2.24, 2.45) is 5.92 Å². The number of piperidine rings is 1. The van der Waals surface area contributed by atoms with E-state index < -0.39 is 23.4 Å². The summed E-state index contributed by atoms with van der Waals surface area (Å²) in [5.41, 5.74) is 0.650. The molecule has 8 heteroatoms. The highest BCUT2D eigenvalue weighted by molar-refractivity contribution is 5.91. The van der Waals surface area contributed by atoms with Gasteiger partial charge in [-0.15, -0.1) is 0 Å². The first-order valence-corrected chi connectivity index (χ1v) is 12.0. The Morgan fingerprint density at radius 3 is 2.26 bits per heavy atom. The van der Waals surface area contributed by atoms with Crippen molar-refractivity contribution in [3.05, 3.63) is 76.9 Å². The van der Waals surface area contributed by atoms with Crippen molar-refractivity contribution in [1.82, 2.24) is 10.2 Å². The van der Waals surface area contributed by atoms with E-state index in [1.165, 1.54) is 36.4 Å². The highest BCUT2D eigenvalue weighted by atomic mass is 19.4. The van der Waals surface area contributed by atoms with Crippen LogP contribution in [0.15, 0.2) is 48.5 Å². The van der Waals surface area contributed by atoms with Crippen molar-refractivity contribution in [3.8, 4) is 0 Å². The van der Waals surface area contributed by atoms with Crippen LogP contribution >= 0.6 is 0 Å². The number of halogens is 5. The summed E-state index contributed by atoms with van der Waals surface area (Å²) in [7, 11) is 0. The van der Waals surface area contributed by atoms with Crippen molar-refractivity contribution < 1.29 is 26.7 Å². The Kier molecular flexibility index (Phi) is 7.89. The Labute approximate surface area is 202 Å². The third-order valence-corrected chi connectivity index (χ3v) is 7.01. The lowest BCUT2D eigenvalue weighted by atomic mass is 9.88. The van der Waals surface area contributed by atoms with E-state index in [0.29, 0.717) is 11.5 Å². The Bertz CT molecular complexity index is 1020. The van der Waals surface area contributed by atoms with Crippen molar-refractivity contribution in [1.29, 1.82) is 0 Å². The van der Waals surface area contributed by atoms with E-state index in [1.807, 2.05) is 0 Å². The van der Waals surface area contributed by atoms with Crippen LogP contribution in [0.3, 0.4) is 0 Å². The number of nitrogens with one attached hydrogen (secondary N) is 1. The molecule has 2 fully saturated rings. The number of amides is 1. The van der Waals surface area contributed by atoms with Gasteiger partial charge in [0.2, 0.25) is 5.91 Å². The number of carbonyl (C=O) groups excluding carboxylic acids is 1. The smallest absolute Gasteiger partial charge is 0.350 e. The average Bonchev–Trinajstić information content (AvgIpc) is 3.23. The van der Waals surface area contributed by atoms with Crippen molar-refractivity contribution >= 4 is 12.0 Å². The molecule has 1 heterocycles. The Morgan fingerprint density at radius 2 is 1.63 bits per heavy atom. The summed E-state index contributed by atoms with van der Waals surface area (Å²) >= 11 is 0. The molecule has 35 heavy (non-hydrogen) atoms. The SMILES string of the molecule is O=C(/C=C/c1cc(F)cc(F)c1)N[C@H]1CC[C@@H](CN2CCC(c3ccc(C(F)(F)F)cc3)CC2)C1. The van der Waals surface area contributed by atoms with Gasteiger partial charge < -0.3 is 10.2 Å². The molecule has 1 saturated carbocycles. The first-order chi connectivity index (χ1) is 16.7. The molecule has 0 spiro atoms. The van der Waals surface area contributed by atoms with E-state index in [1.54, 1.807) is 12.1 Å². The molecule has 1 amide bonds. The van der Waals surface area contributed by atoms with Crippen LogP contribution in [-0.4, -0.2) is 36.5 Å². The summed E-state index contributed by atoms with van der Waals surface area (Å²) in [5.74, 6) is -0.899. The molecule has 4 rings (SSSR count). The molecule has 0 unspecified atom stereocenters. The van der Waals surface area contributed by atoms with Crippen LogP contribution in [0.2, 0.25) is 0 Å². The standard InChI is InChI=1S/C27H29F5N2O/c28-23-13-18(14-24(29)16-23)2-8-26(35)33-25-7-1-19(15-25)17-34-11-9-21(10-12-34)20-3-5-22(6-4-20)27(30,31)32/h2-6,8,13-14,16,19,21,25H,1,7,9-12,15,17H2,(H,33,35)/b8-2+/t19-,25+/m1/s1. The monoisotopic (exact) mass is 492 g/mol.